The number of nitrogens with one attached hydrogen (secondary N) is 2. The topological polar surface area (TPSA) is 86.8 Å². The summed E-state index contributed by atoms with van der Waals surface area (Å²) < 4.78 is 21.5. The van der Waals surface area contributed by atoms with Crippen molar-refractivity contribution >= 4 is 17.5 Å². The minimum atomic E-state index is 0.260. The molecule has 0 spiro atoms. The molecular formula is C21H22N4O4. The van der Waals surface area contributed by atoms with E-state index < -0.39 is 0 Å². The van der Waals surface area contributed by atoms with Gasteiger partial charge < -0.3 is 29.6 Å². The van der Waals surface area contributed by atoms with E-state index in [0.717, 1.165) is 34.2 Å². The summed E-state index contributed by atoms with van der Waals surface area (Å²) in [6.07, 6.45) is 0. The van der Waals surface area contributed by atoms with Crippen LogP contribution in [0.2, 0.25) is 0 Å². The van der Waals surface area contributed by atoms with Gasteiger partial charge in [-0.25, -0.2) is 4.98 Å². The lowest BCUT2D eigenvalue weighted by molar-refractivity contribution is 0.174. The van der Waals surface area contributed by atoms with Crippen molar-refractivity contribution in [3.8, 4) is 23.0 Å². The maximum Gasteiger partial charge on any atom is 0.231 e. The number of anilines is 3. The van der Waals surface area contributed by atoms with Crippen molar-refractivity contribution in [1.82, 2.24) is 9.97 Å². The Bertz CT molecular complexity index is 1030. The highest BCUT2D eigenvalue weighted by Gasteiger charge is 2.13. The molecule has 150 valence electrons. The van der Waals surface area contributed by atoms with E-state index in [9.17, 15) is 0 Å². The normalized spacial score (nSPS) is 11.8. The predicted octanol–water partition coefficient (Wildman–Crippen LogP) is 3.89. The van der Waals surface area contributed by atoms with Crippen molar-refractivity contribution in [2.45, 2.75) is 13.5 Å². The van der Waals surface area contributed by atoms with Crippen LogP contribution in [0.5, 0.6) is 23.0 Å². The minimum absolute atomic E-state index is 0.260. The highest BCUT2D eigenvalue weighted by Crippen LogP contribution is 2.33. The van der Waals surface area contributed by atoms with Crippen LogP contribution < -0.4 is 29.6 Å². The quantitative estimate of drug-likeness (QED) is 0.624. The summed E-state index contributed by atoms with van der Waals surface area (Å²) in [4.78, 5) is 9.03. The summed E-state index contributed by atoms with van der Waals surface area (Å²) in [5, 5.41) is 6.53. The Hall–Kier alpha value is -3.68. The zero-order valence-electron chi connectivity index (χ0n) is 16.5. The second kappa shape index (κ2) is 8.14. The van der Waals surface area contributed by atoms with Gasteiger partial charge in [-0.2, -0.15) is 4.98 Å². The van der Waals surface area contributed by atoms with Crippen LogP contribution >= 0.6 is 0 Å². The van der Waals surface area contributed by atoms with Crippen LogP contribution in [0.25, 0.3) is 0 Å². The van der Waals surface area contributed by atoms with Crippen molar-refractivity contribution in [2.75, 3.05) is 31.6 Å². The molecule has 1 aliphatic heterocycles. The standard InChI is InChI=1S/C21H22N4O4/c1-13-8-20(24-16-10-15(26-2)5-7-17(16)27-3)25-21(23-13)22-11-14-4-6-18-19(9-14)29-12-28-18/h4-10H,11-12H2,1-3H3,(H2,22,23,24,25). The average Bonchev–Trinajstić information content (AvgIpc) is 3.19. The molecule has 0 aliphatic carbocycles. The number of aromatic nitrogens is 2. The Morgan fingerprint density at radius 3 is 2.66 bits per heavy atom. The molecular weight excluding hydrogens is 372 g/mol. The van der Waals surface area contributed by atoms with E-state index in [1.54, 1.807) is 14.2 Å². The number of methoxy groups -OCH3 is 2. The van der Waals surface area contributed by atoms with Gasteiger partial charge in [-0.15, -0.1) is 0 Å². The highest BCUT2D eigenvalue weighted by atomic mass is 16.7. The zero-order valence-corrected chi connectivity index (χ0v) is 16.5. The fourth-order valence-electron chi connectivity index (χ4n) is 2.99. The van der Waals surface area contributed by atoms with Crippen LogP contribution in [-0.2, 0) is 6.54 Å². The number of rotatable bonds is 7. The summed E-state index contributed by atoms with van der Waals surface area (Å²) in [5.41, 5.74) is 2.63. The zero-order chi connectivity index (χ0) is 20.2. The molecule has 2 heterocycles. The van der Waals surface area contributed by atoms with E-state index in [1.165, 1.54) is 0 Å². The molecule has 8 heteroatoms. The third kappa shape index (κ3) is 4.26. The maximum absolute atomic E-state index is 5.42. The molecule has 3 aromatic rings. The Kier molecular flexibility index (Phi) is 5.24. The number of benzene rings is 2. The van der Waals surface area contributed by atoms with Gasteiger partial charge in [0.25, 0.3) is 0 Å². The molecule has 0 fully saturated rings. The van der Waals surface area contributed by atoms with Gasteiger partial charge in [0.15, 0.2) is 11.5 Å². The lowest BCUT2D eigenvalue weighted by atomic mass is 10.2. The Labute approximate surface area is 168 Å². The van der Waals surface area contributed by atoms with Gasteiger partial charge in [0.1, 0.15) is 17.3 Å². The van der Waals surface area contributed by atoms with Crippen LogP contribution in [0.1, 0.15) is 11.3 Å². The van der Waals surface area contributed by atoms with Crippen molar-refractivity contribution in [2.24, 2.45) is 0 Å². The molecule has 1 aromatic heterocycles. The minimum Gasteiger partial charge on any atom is -0.497 e. The molecule has 2 N–H and O–H groups in total. The molecule has 0 amide bonds. The average molecular weight is 394 g/mol. The number of aryl methyl sites for hydroxylation is 1. The summed E-state index contributed by atoms with van der Waals surface area (Å²) in [7, 11) is 3.25. The molecule has 0 bridgehead atoms. The largest absolute Gasteiger partial charge is 0.497 e. The summed E-state index contributed by atoms with van der Waals surface area (Å²) in [6, 6.07) is 13.2. The first-order valence-corrected chi connectivity index (χ1v) is 9.12. The van der Waals surface area contributed by atoms with Gasteiger partial charge in [-0.3, -0.25) is 0 Å². The SMILES string of the molecule is COc1ccc(OC)c(Nc2cc(C)nc(NCc3ccc4c(c3)OCO4)n2)c1. The summed E-state index contributed by atoms with van der Waals surface area (Å²) in [6.45, 7) is 2.74. The number of nitrogens with zero attached hydrogens (tertiary/aromatic N) is 2. The first-order valence-electron chi connectivity index (χ1n) is 9.12. The number of hydrogen-bond donors (Lipinski definition) is 2. The molecule has 8 nitrogen and oxygen atoms in total. The second-order valence-corrected chi connectivity index (χ2v) is 6.45. The molecule has 0 unspecified atom stereocenters. The number of ether oxygens (including phenoxy) is 4. The van der Waals surface area contributed by atoms with E-state index in [2.05, 4.69) is 20.6 Å². The lowest BCUT2D eigenvalue weighted by Crippen LogP contribution is -2.06. The molecule has 0 radical (unpaired) electrons. The third-order valence-corrected chi connectivity index (χ3v) is 4.41. The maximum atomic E-state index is 5.42. The highest BCUT2D eigenvalue weighted by molar-refractivity contribution is 5.67. The smallest absolute Gasteiger partial charge is 0.231 e. The fourth-order valence-corrected chi connectivity index (χ4v) is 2.99. The summed E-state index contributed by atoms with van der Waals surface area (Å²) >= 11 is 0. The van der Waals surface area contributed by atoms with Gasteiger partial charge in [0.05, 0.1) is 19.9 Å². The molecule has 0 saturated heterocycles. The van der Waals surface area contributed by atoms with Gasteiger partial charge >= 0.3 is 0 Å². The summed E-state index contributed by atoms with van der Waals surface area (Å²) in [5.74, 6) is 4.10. The lowest BCUT2D eigenvalue weighted by Gasteiger charge is -2.13. The Balaban J connectivity index is 1.51. The Morgan fingerprint density at radius 2 is 1.83 bits per heavy atom. The van der Waals surface area contributed by atoms with Crippen molar-refractivity contribution < 1.29 is 18.9 Å². The van der Waals surface area contributed by atoms with Gasteiger partial charge in [-0.1, -0.05) is 6.07 Å². The monoisotopic (exact) mass is 394 g/mol. The molecule has 1 aliphatic rings. The van der Waals surface area contributed by atoms with Gasteiger partial charge in [0.2, 0.25) is 12.7 Å². The predicted molar refractivity (Wildman–Crippen MR) is 109 cm³/mol. The van der Waals surface area contributed by atoms with Crippen LogP contribution in [0.4, 0.5) is 17.5 Å². The van der Waals surface area contributed by atoms with E-state index >= 15 is 0 Å². The van der Waals surface area contributed by atoms with E-state index in [-0.39, 0.29) is 6.79 Å². The second-order valence-electron chi connectivity index (χ2n) is 6.45. The van der Waals surface area contributed by atoms with Crippen molar-refractivity contribution in [3.63, 3.8) is 0 Å². The molecule has 4 rings (SSSR count). The van der Waals surface area contributed by atoms with Crippen LogP contribution in [0.15, 0.2) is 42.5 Å². The van der Waals surface area contributed by atoms with Crippen LogP contribution in [0.3, 0.4) is 0 Å². The van der Waals surface area contributed by atoms with E-state index in [1.807, 2.05) is 49.4 Å². The molecule has 0 atom stereocenters. The van der Waals surface area contributed by atoms with Gasteiger partial charge in [0, 0.05) is 24.4 Å². The van der Waals surface area contributed by atoms with Crippen LogP contribution in [0, 0.1) is 6.92 Å². The number of fused-ring (bicyclic) bond motifs is 1. The molecule has 29 heavy (non-hydrogen) atoms. The molecule has 0 saturated carbocycles. The fraction of sp³-hybridized carbons (Fsp3) is 0.238. The van der Waals surface area contributed by atoms with Crippen LogP contribution in [-0.4, -0.2) is 31.0 Å². The first-order chi connectivity index (χ1) is 14.1. The van der Waals surface area contributed by atoms with Crippen molar-refractivity contribution in [1.29, 1.82) is 0 Å². The Morgan fingerprint density at radius 1 is 0.966 bits per heavy atom. The van der Waals surface area contributed by atoms with Crippen molar-refractivity contribution in [3.05, 3.63) is 53.7 Å². The first kappa shape index (κ1) is 18.7. The third-order valence-electron chi connectivity index (χ3n) is 4.41. The molecule has 2 aromatic carbocycles. The van der Waals surface area contributed by atoms with E-state index in [0.29, 0.717) is 24.1 Å². The van der Waals surface area contributed by atoms with Gasteiger partial charge in [-0.05, 0) is 36.8 Å². The number of hydrogen-bond acceptors (Lipinski definition) is 8. The van der Waals surface area contributed by atoms with E-state index in [4.69, 9.17) is 18.9 Å².